The first-order valence-corrected chi connectivity index (χ1v) is 6.14. The van der Waals surface area contributed by atoms with Gasteiger partial charge in [-0.15, -0.1) is 0 Å². The van der Waals surface area contributed by atoms with Gasteiger partial charge in [-0.05, 0) is 0 Å². The fourth-order valence-corrected chi connectivity index (χ4v) is 1.67. The van der Waals surface area contributed by atoms with Gasteiger partial charge in [0, 0.05) is 26.4 Å². The second-order valence-electron chi connectivity index (χ2n) is 4.02. The summed E-state index contributed by atoms with van der Waals surface area (Å²) < 4.78 is 20.8. The van der Waals surface area contributed by atoms with Crippen LogP contribution >= 0.6 is 0 Å². The number of carbonyl (C=O) groups is 2. The molecule has 104 valence electrons. The SMILES string of the molecule is CCC(=O)O[C@@H]1CO[C@@H](OC)[C@@H](OC(=O)CC)C1. The lowest BCUT2D eigenvalue weighted by Crippen LogP contribution is -2.45. The number of carbonyl (C=O) groups excluding carboxylic acids is 2. The molecule has 0 amide bonds. The molecular weight excluding hydrogens is 240 g/mol. The third-order valence-corrected chi connectivity index (χ3v) is 2.64. The molecule has 0 aromatic carbocycles. The smallest absolute Gasteiger partial charge is 0.305 e. The quantitative estimate of drug-likeness (QED) is 0.687. The fourth-order valence-electron chi connectivity index (χ4n) is 1.67. The first-order valence-electron chi connectivity index (χ1n) is 6.14. The van der Waals surface area contributed by atoms with Crippen molar-refractivity contribution in [2.75, 3.05) is 13.7 Å². The molecule has 0 N–H and O–H groups in total. The average Bonchev–Trinajstić information content (AvgIpc) is 2.38. The lowest BCUT2D eigenvalue weighted by Gasteiger charge is -2.34. The Labute approximate surface area is 107 Å². The lowest BCUT2D eigenvalue weighted by atomic mass is 10.1. The second-order valence-corrected chi connectivity index (χ2v) is 4.02. The molecule has 1 fully saturated rings. The molecule has 1 rings (SSSR count). The van der Waals surface area contributed by atoms with Crippen molar-refractivity contribution in [3.63, 3.8) is 0 Å². The molecule has 0 aromatic rings. The van der Waals surface area contributed by atoms with Crippen LogP contribution in [0.2, 0.25) is 0 Å². The van der Waals surface area contributed by atoms with Gasteiger partial charge in [0.2, 0.25) is 0 Å². The summed E-state index contributed by atoms with van der Waals surface area (Å²) in [6.07, 6.45) is -0.534. The topological polar surface area (TPSA) is 71.1 Å². The van der Waals surface area contributed by atoms with Crippen molar-refractivity contribution < 1.29 is 28.5 Å². The van der Waals surface area contributed by atoms with Crippen LogP contribution in [0, 0.1) is 0 Å². The third kappa shape index (κ3) is 4.27. The fraction of sp³-hybridized carbons (Fsp3) is 0.833. The predicted molar refractivity (Wildman–Crippen MR) is 61.7 cm³/mol. The minimum absolute atomic E-state index is 0.254. The molecule has 1 aliphatic rings. The summed E-state index contributed by atoms with van der Waals surface area (Å²) in [7, 11) is 1.48. The Balaban J connectivity index is 2.54. The van der Waals surface area contributed by atoms with Crippen LogP contribution < -0.4 is 0 Å². The zero-order chi connectivity index (χ0) is 13.5. The van der Waals surface area contributed by atoms with Gasteiger partial charge >= 0.3 is 11.9 Å². The van der Waals surface area contributed by atoms with E-state index in [0.717, 1.165) is 0 Å². The molecule has 0 radical (unpaired) electrons. The van der Waals surface area contributed by atoms with Gasteiger partial charge in [-0.3, -0.25) is 9.59 Å². The lowest BCUT2D eigenvalue weighted by molar-refractivity contribution is -0.239. The Morgan fingerprint density at radius 1 is 1.17 bits per heavy atom. The van der Waals surface area contributed by atoms with Crippen LogP contribution in [0.5, 0.6) is 0 Å². The number of methoxy groups -OCH3 is 1. The largest absolute Gasteiger partial charge is 0.460 e. The van der Waals surface area contributed by atoms with Crippen LogP contribution in [0.1, 0.15) is 33.1 Å². The van der Waals surface area contributed by atoms with Gasteiger partial charge in [0.05, 0.1) is 6.61 Å². The first-order chi connectivity index (χ1) is 8.60. The Hall–Kier alpha value is -1.14. The van der Waals surface area contributed by atoms with E-state index in [-0.39, 0.29) is 25.0 Å². The summed E-state index contributed by atoms with van der Waals surface area (Å²) in [5.74, 6) is -0.617. The minimum Gasteiger partial charge on any atom is -0.460 e. The van der Waals surface area contributed by atoms with E-state index >= 15 is 0 Å². The molecule has 0 bridgehead atoms. The summed E-state index contributed by atoms with van der Waals surface area (Å²) in [5, 5.41) is 0. The molecule has 6 nitrogen and oxygen atoms in total. The van der Waals surface area contributed by atoms with E-state index in [0.29, 0.717) is 12.8 Å². The highest BCUT2D eigenvalue weighted by Gasteiger charge is 2.35. The van der Waals surface area contributed by atoms with Crippen LogP contribution in [0.4, 0.5) is 0 Å². The zero-order valence-corrected chi connectivity index (χ0v) is 11.0. The second kappa shape index (κ2) is 7.33. The van der Waals surface area contributed by atoms with Gasteiger partial charge in [0.25, 0.3) is 0 Å². The Morgan fingerprint density at radius 2 is 1.78 bits per heavy atom. The summed E-state index contributed by atoms with van der Waals surface area (Å²) in [6.45, 7) is 3.69. The average molecular weight is 260 g/mol. The molecular formula is C12H20O6. The van der Waals surface area contributed by atoms with Gasteiger partial charge in [-0.25, -0.2) is 0 Å². The van der Waals surface area contributed by atoms with E-state index in [1.807, 2.05) is 0 Å². The van der Waals surface area contributed by atoms with E-state index in [1.54, 1.807) is 13.8 Å². The van der Waals surface area contributed by atoms with Crippen molar-refractivity contribution in [2.45, 2.75) is 51.6 Å². The van der Waals surface area contributed by atoms with Crippen molar-refractivity contribution in [1.82, 2.24) is 0 Å². The molecule has 3 atom stereocenters. The highest BCUT2D eigenvalue weighted by Crippen LogP contribution is 2.21. The van der Waals surface area contributed by atoms with Crippen molar-refractivity contribution in [3.8, 4) is 0 Å². The van der Waals surface area contributed by atoms with Gasteiger partial charge < -0.3 is 18.9 Å². The van der Waals surface area contributed by atoms with Crippen LogP contribution in [0.15, 0.2) is 0 Å². The van der Waals surface area contributed by atoms with Gasteiger partial charge in [-0.2, -0.15) is 0 Å². The first kappa shape index (κ1) is 14.9. The number of hydrogen-bond donors (Lipinski definition) is 0. The van der Waals surface area contributed by atoms with Crippen LogP contribution in [-0.4, -0.2) is 44.2 Å². The summed E-state index contributed by atoms with van der Waals surface area (Å²) in [6, 6.07) is 0. The summed E-state index contributed by atoms with van der Waals surface area (Å²) in [5.41, 5.74) is 0. The van der Waals surface area contributed by atoms with E-state index in [1.165, 1.54) is 7.11 Å². The molecule has 1 heterocycles. The van der Waals surface area contributed by atoms with Gasteiger partial charge in [0.1, 0.15) is 6.10 Å². The molecule has 0 unspecified atom stereocenters. The monoisotopic (exact) mass is 260 g/mol. The number of hydrogen-bond acceptors (Lipinski definition) is 6. The third-order valence-electron chi connectivity index (χ3n) is 2.64. The summed E-state index contributed by atoms with van der Waals surface area (Å²) in [4.78, 5) is 22.5. The van der Waals surface area contributed by atoms with Crippen LogP contribution in [-0.2, 0) is 28.5 Å². The van der Waals surface area contributed by atoms with Crippen molar-refractivity contribution in [2.24, 2.45) is 0 Å². The highest BCUT2D eigenvalue weighted by atomic mass is 16.7. The number of ether oxygens (including phenoxy) is 4. The van der Waals surface area contributed by atoms with E-state index in [4.69, 9.17) is 18.9 Å². The molecule has 1 aliphatic heterocycles. The molecule has 0 spiro atoms. The Kier molecular flexibility index (Phi) is 6.07. The van der Waals surface area contributed by atoms with Crippen molar-refractivity contribution in [1.29, 1.82) is 0 Å². The summed E-state index contributed by atoms with van der Waals surface area (Å²) >= 11 is 0. The minimum atomic E-state index is -0.600. The van der Waals surface area contributed by atoms with Crippen molar-refractivity contribution >= 4 is 11.9 Å². The molecule has 18 heavy (non-hydrogen) atoms. The predicted octanol–water partition coefficient (Wildman–Crippen LogP) is 1.02. The maximum atomic E-state index is 11.3. The van der Waals surface area contributed by atoms with E-state index < -0.39 is 18.5 Å². The zero-order valence-electron chi connectivity index (χ0n) is 11.0. The maximum absolute atomic E-state index is 11.3. The van der Waals surface area contributed by atoms with Crippen LogP contribution in [0.25, 0.3) is 0 Å². The number of esters is 2. The van der Waals surface area contributed by atoms with Crippen molar-refractivity contribution in [3.05, 3.63) is 0 Å². The Morgan fingerprint density at radius 3 is 2.33 bits per heavy atom. The van der Waals surface area contributed by atoms with Crippen LogP contribution in [0.3, 0.4) is 0 Å². The number of rotatable bonds is 5. The molecule has 0 aromatic heterocycles. The normalized spacial score (nSPS) is 27.6. The Bertz CT molecular complexity index is 290. The molecule has 0 saturated carbocycles. The van der Waals surface area contributed by atoms with Gasteiger partial charge in [0.15, 0.2) is 12.4 Å². The maximum Gasteiger partial charge on any atom is 0.305 e. The standard InChI is InChI=1S/C12H20O6/c1-4-10(13)17-8-6-9(18-11(14)5-2)12(15-3)16-7-8/h8-9,12H,4-7H2,1-3H3/t8-,9-,12+/m0/s1. The highest BCUT2D eigenvalue weighted by molar-refractivity contribution is 5.69. The van der Waals surface area contributed by atoms with E-state index in [9.17, 15) is 9.59 Å². The molecule has 6 heteroatoms. The van der Waals surface area contributed by atoms with E-state index in [2.05, 4.69) is 0 Å². The molecule has 1 saturated heterocycles. The molecule has 0 aliphatic carbocycles. The van der Waals surface area contributed by atoms with Gasteiger partial charge in [-0.1, -0.05) is 13.8 Å².